The number of furan rings is 1. The minimum atomic E-state index is -0.223. The minimum absolute atomic E-state index is 0.174. The van der Waals surface area contributed by atoms with Crippen molar-refractivity contribution in [3.8, 4) is 11.3 Å². The molecule has 0 atom stereocenters. The molecule has 0 aliphatic carbocycles. The van der Waals surface area contributed by atoms with Crippen molar-refractivity contribution in [1.82, 2.24) is 15.6 Å². The Bertz CT molecular complexity index is 1110. The number of amides is 2. The zero-order chi connectivity index (χ0) is 20.2. The van der Waals surface area contributed by atoms with Gasteiger partial charge in [-0.1, -0.05) is 42.2 Å². The maximum absolute atomic E-state index is 12.3. The lowest BCUT2D eigenvalue weighted by atomic mass is 10.1. The van der Waals surface area contributed by atoms with Crippen molar-refractivity contribution in [2.24, 2.45) is 0 Å². The van der Waals surface area contributed by atoms with Crippen LogP contribution in [0.15, 0.2) is 70.1 Å². The van der Waals surface area contributed by atoms with Gasteiger partial charge in [-0.3, -0.25) is 14.6 Å². The number of aromatic nitrogens is 1. The summed E-state index contributed by atoms with van der Waals surface area (Å²) in [7, 11) is 0. The summed E-state index contributed by atoms with van der Waals surface area (Å²) in [6.07, 6.45) is 3.35. The first kappa shape index (κ1) is 19.1. The van der Waals surface area contributed by atoms with Gasteiger partial charge < -0.3 is 15.1 Å². The van der Waals surface area contributed by atoms with Crippen LogP contribution in [-0.4, -0.2) is 21.1 Å². The highest BCUT2D eigenvalue weighted by molar-refractivity contribution is 8.26. The van der Waals surface area contributed by atoms with E-state index in [0.717, 1.165) is 11.3 Å². The Labute approximate surface area is 176 Å². The Balaban J connectivity index is 1.42. The number of thiocarbonyl (C=S) groups is 1. The summed E-state index contributed by atoms with van der Waals surface area (Å²) in [5.41, 5.74) is 2.17. The van der Waals surface area contributed by atoms with Crippen LogP contribution in [-0.2, 0) is 11.3 Å². The number of pyridine rings is 1. The average molecular weight is 422 g/mol. The first-order valence-electron chi connectivity index (χ1n) is 8.72. The SMILES string of the molecule is O=C1NC(=S)S/C1=C/c1ccc(-c2ccc(C(=O)NCc3ccccn3)cc2)o1. The molecule has 144 valence electrons. The van der Waals surface area contributed by atoms with Gasteiger partial charge in [0.15, 0.2) is 0 Å². The number of thioether (sulfide) groups is 1. The van der Waals surface area contributed by atoms with Gasteiger partial charge in [0.2, 0.25) is 0 Å². The van der Waals surface area contributed by atoms with Gasteiger partial charge >= 0.3 is 0 Å². The molecular weight excluding hydrogens is 406 g/mol. The highest BCUT2D eigenvalue weighted by Gasteiger charge is 2.22. The zero-order valence-corrected chi connectivity index (χ0v) is 16.7. The van der Waals surface area contributed by atoms with Gasteiger partial charge in [0.25, 0.3) is 11.8 Å². The predicted molar refractivity (Wildman–Crippen MR) is 116 cm³/mol. The second-order valence-electron chi connectivity index (χ2n) is 6.14. The molecule has 3 heterocycles. The number of nitrogens with one attached hydrogen (secondary N) is 2. The second-order valence-corrected chi connectivity index (χ2v) is 7.85. The molecule has 8 heteroatoms. The standard InChI is InChI=1S/C21H15N3O3S2/c25-19(23-12-15-3-1-2-10-22-15)14-6-4-13(5-7-14)17-9-8-16(27-17)11-18-20(26)24-21(28)29-18/h1-11H,12H2,(H,23,25)(H,24,26,28)/b18-11+. The molecule has 0 spiro atoms. The lowest BCUT2D eigenvalue weighted by molar-refractivity contribution is -0.115. The molecule has 0 unspecified atom stereocenters. The Kier molecular flexibility index (Phi) is 5.55. The molecule has 1 fully saturated rings. The van der Waals surface area contributed by atoms with Crippen LogP contribution in [0.25, 0.3) is 17.4 Å². The van der Waals surface area contributed by atoms with Crippen molar-refractivity contribution in [2.75, 3.05) is 0 Å². The van der Waals surface area contributed by atoms with Crippen molar-refractivity contribution < 1.29 is 14.0 Å². The van der Waals surface area contributed by atoms with Crippen LogP contribution >= 0.6 is 24.0 Å². The smallest absolute Gasteiger partial charge is 0.263 e. The van der Waals surface area contributed by atoms with Crippen LogP contribution < -0.4 is 10.6 Å². The Hall–Kier alpha value is -3.23. The molecular formula is C21H15N3O3S2. The summed E-state index contributed by atoms with van der Waals surface area (Å²) in [5.74, 6) is 0.800. The van der Waals surface area contributed by atoms with Gasteiger partial charge in [-0.25, -0.2) is 0 Å². The third kappa shape index (κ3) is 4.61. The number of hydrogen-bond donors (Lipinski definition) is 2. The van der Waals surface area contributed by atoms with E-state index in [1.165, 1.54) is 11.8 Å². The molecule has 1 saturated heterocycles. The number of nitrogens with zero attached hydrogens (tertiary/aromatic N) is 1. The predicted octanol–water partition coefficient (Wildman–Crippen LogP) is 3.76. The van der Waals surface area contributed by atoms with E-state index in [1.54, 1.807) is 30.5 Å². The first-order chi connectivity index (χ1) is 14.1. The van der Waals surface area contributed by atoms with Crippen molar-refractivity contribution in [3.63, 3.8) is 0 Å². The van der Waals surface area contributed by atoms with E-state index in [4.69, 9.17) is 16.6 Å². The van der Waals surface area contributed by atoms with E-state index in [-0.39, 0.29) is 11.8 Å². The third-order valence-electron chi connectivity index (χ3n) is 4.13. The van der Waals surface area contributed by atoms with E-state index < -0.39 is 0 Å². The van der Waals surface area contributed by atoms with E-state index in [2.05, 4.69) is 15.6 Å². The van der Waals surface area contributed by atoms with E-state index in [1.807, 2.05) is 36.4 Å². The molecule has 1 aliphatic heterocycles. The van der Waals surface area contributed by atoms with E-state index in [0.29, 0.717) is 32.9 Å². The highest BCUT2D eigenvalue weighted by Crippen LogP contribution is 2.28. The quantitative estimate of drug-likeness (QED) is 0.482. The maximum atomic E-state index is 12.3. The van der Waals surface area contributed by atoms with E-state index in [9.17, 15) is 9.59 Å². The Morgan fingerprint density at radius 1 is 1.17 bits per heavy atom. The molecule has 0 saturated carbocycles. The molecule has 29 heavy (non-hydrogen) atoms. The summed E-state index contributed by atoms with van der Waals surface area (Å²) in [4.78, 5) is 28.7. The number of hydrogen-bond acceptors (Lipinski definition) is 6. The second kappa shape index (κ2) is 8.42. The molecule has 2 aromatic heterocycles. The number of carbonyl (C=O) groups excluding carboxylic acids is 2. The number of benzene rings is 1. The summed E-state index contributed by atoms with van der Waals surface area (Å²) >= 11 is 6.18. The van der Waals surface area contributed by atoms with Crippen LogP contribution in [0.4, 0.5) is 0 Å². The topological polar surface area (TPSA) is 84.2 Å². The van der Waals surface area contributed by atoms with Gasteiger partial charge in [-0.2, -0.15) is 0 Å². The van der Waals surface area contributed by atoms with Gasteiger partial charge in [-0.05, 0) is 36.4 Å². The average Bonchev–Trinajstić information content (AvgIpc) is 3.33. The van der Waals surface area contributed by atoms with Gasteiger partial charge in [-0.15, -0.1) is 0 Å². The summed E-state index contributed by atoms with van der Waals surface area (Å²) in [5, 5.41) is 5.41. The highest BCUT2D eigenvalue weighted by atomic mass is 32.2. The molecule has 2 amide bonds. The lowest BCUT2D eigenvalue weighted by Crippen LogP contribution is -2.23. The molecule has 0 radical (unpaired) electrons. The molecule has 3 aromatic rings. The molecule has 1 aliphatic rings. The lowest BCUT2D eigenvalue weighted by Gasteiger charge is -2.05. The normalized spacial score (nSPS) is 14.8. The first-order valence-corrected chi connectivity index (χ1v) is 9.94. The molecule has 0 bridgehead atoms. The maximum Gasteiger partial charge on any atom is 0.263 e. The summed E-state index contributed by atoms with van der Waals surface area (Å²) in [6, 6.07) is 16.3. The monoisotopic (exact) mass is 421 g/mol. The fourth-order valence-electron chi connectivity index (χ4n) is 2.70. The van der Waals surface area contributed by atoms with Crippen molar-refractivity contribution in [2.45, 2.75) is 6.54 Å². The molecule has 4 rings (SSSR count). The number of rotatable bonds is 5. The number of carbonyl (C=O) groups is 2. The Morgan fingerprint density at radius 3 is 2.69 bits per heavy atom. The van der Waals surface area contributed by atoms with Gasteiger partial charge in [0.05, 0.1) is 17.1 Å². The minimum Gasteiger partial charge on any atom is -0.457 e. The van der Waals surface area contributed by atoms with E-state index >= 15 is 0 Å². The van der Waals surface area contributed by atoms with Gasteiger partial charge in [0, 0.05) is 23.4 Å². The Morgan fingerprint density at radius 2 is 2.00 bits per heavy atom. The van der Waals surface area contributed by atoms with Crippen molar-refractivity contribution >= 4 is 46.2 Å². The fraction of sp³-hybridized carbons (Fsp3) is 0.0476. The van der Waals surface area contributed by atoms with Crippen LogP contribution in [0.3, 0.4) is 0 Å². The summed E-state index contributed by atoms with van der Waals surface area (Å²) in [6.45, 7) is 0.368. The van der Waals surface area contributed by atoms with Crippen LogP contribution in [0, 0.1) is 0 Å². The van der Waals surface area contributed by atoms with Crippen molar-refractivity contribution in [1.29, 1.82) is 0 Å². The van der Waals surface area contributed by atoms with Crippen LogP contribution in [0.5, 0.6) is 0 Å². The fourth-order valence-corrected chi connectivity index (χ4v) is 3.72. The molecule has 2 N–H and O–H groups in total. The van der Waals surface area contributed by atoms with Crippen LogP contribution in [0.2, 0.25) is 0 Å². The largest absolute Gasteiger partial charge is 0.457 e. The van der Waals surface area contributed by atoms with Crippen LogP contribution in [0.1, 0.15) is 21.8 Å². The van der Waals surface area contributed by atoms with Crippen molar-refractivity contribution in [3.05, 3.63) is 82.7 Å². The van der Waals surface area contributed by atoms with Gasteiger partial charge in [0.1, 0.15) is 15.8 Å². The molecule has 6 nitrogen and oxygen atoms in total. The zero-order valence-electron chi connectivity index (χ0n) is 15.0. The molecule has 1 aromatic carbocycles. The third-order valence-corrected chi connectivity index (χ3v) is 5.29. The summed E-state index contributed by atoms with van der Waals surface area (Å²) < 4.78 is 6.23.